The van der Waals surface area contributed by atoms with Gasteiger partial charge in [0.05, 0.1) is 6.10 Å². The molecule has 1 unspecified atom stereocenters. The van der Waals surface area contributed by atoms with Crippen molar-refractivity contribution in [3.8, 4) is 0 Å². The Balaban J connectivity index is 2.51. The molecule has 23 heavy (non-hydrogen) atoms. The van der Waals surface area contributed by atoms with Gasteiger partial charge in [0.1, 0.15) is 12.6 Å². The van der Waals surface area contributed by atoms with E-state index >= 15 is 0 Å². The number of amides is 2. The lowest BCUT2D eigenvalue weighted by atomic mass is 10.1. The Labute approximate surface area is 136 Å². The maximum absolute atomic E-state index is 11.9. The van der Waals surface area contributed by atoms with Crippen LogP contribution in [0.1, 0.15) is 32.3 Å². The van der Waals surface area contributed by atoms with Crippen molar-refractivity contribution >= 4 is 12.0 Å². The number of hydrogen-bond donors (Lipinski definition) is 3. The lowest BCUT2D eigenvalue weighted by Gasteiger charge is -2.23. The number of unbranched alkanes of at least 4 members (excludes halogenated alkanes) is 1. The number of hydrogen-bond acceptors (Lipinski definition) is 5. The normalized spacial score (nSPS) is 13.0. The molecule has 0 aromatic heterocycles. The Morgan fingerprint density at radius 3 is 2.57 bits per heavy atom. The van der Waals surface area contributed by atoms with E-state index in [1.54, 1.807) is 6.92 Å². The fourth-order valence-electron chi connectivity index (χ4n) is 1.89. The van der Waals surface area contributed by atoms with E-state index in [-0.39, 0.29) is 6.61 Å². The molecule has 0 aliphatic heterocycles. The first-order valence-electron chi connectivity index (χ1n) is 7.67. The van der Waals surface area contributed by atoms with Gasteiger partial charge >= 0.3 is 6.09 Å². The summed E-state index contributed by atoms with van der Waals surface area (Å²) in [7, 11) is 0. The smallest absolute Gasteiger partial charge is 0.408 e. The number of ether oxygens (including phenoxy) is 2. The summed E-state index contributed by atoms with van der Waals surface area (Å²) in [5.74, 6) is 4.62. The molecular formula is C16H25N3O4. The number of hydrazine groups is 1. The number of alkyl carbamates (subject to hydrolysis) is 1. The largest absolute Gasteiger partial charge is 0.445 e. The molecule has 1 aromatic rings. The van der Waals surface area contributed by atoms with Crippen LogP contribution in [0.2, 0.25) is 0 Å². The Hall–Kier alpha value is -2.12. The van der Waals surface area contributed by atoms with E-state index in [9.17, 15) is 9.59 Å². The van der Waals surface area contributed by atoms with Crippen molar-refractivity contribution in [1.82, 2.24) is 10.7 Å². The van der Waals surface area contributed by atoms with Gasteiger partial charge in [-0.1, -0.05) is 43.7 Å². The molecule has 0 spiro atoms. The van der Waals surface area contributed by atoms with Crippen LogP contribution in [-0.4, -0.2) is 30.8 Å². The number of carbonyl (C=O) groups excluding carboxylic acids is 2. The highest BCUT2D eigenvalue weighted by Gasteiger charge is 2.27. The molecule has 0 bridgehead atoms. The van der Waals surface area contributed by atoms with E-state index < -0.39 is 24.1 Å². The quantitative estimate of drug-likeness (QED) is 0.276. The summed E-state index contributed by atoms with van der Waals surface area (Å²) < 4.78 is 10.6. The first-order valence-corrected chi connectivity index (χ1v) is 7.67. The predicted octanol–water partition coefficient (Wildman–Crippen LogP) is 1.48. The maximum atomic E-state index is 11.9. The zero-order valence-corrected chi connectivity index (χ0v) is 13.6. The van der Waals surface area contributed by atoms with Crippen molar-refractivity contribution in [3.05, 3.63) is 35.9 Å². The number of nitrogens with two attached hydrogens (primary N) is 1. The third-order valence-corrected chi connectivity index (χ3v) is 3.26. The maximum Gasteiger partial charge on any atom is 0.408 e. The average molecular weight is 323 g/mol. The van der Waals surface area contributed by atoms with Crippen LogP contribution in [0, 0.1) is 0 Å². The zero-order valence-electron chi connectivity index (χ0n) is 13.6. The van der Waals surface area contributed by atoms with Crippen LogP contribution in [0.5, 0.6) is 0 Å². The van der Waals surface area contributed by atoms with Crippen LogP contribution in [0.15, 0.2) is 30.3 Å². The van der Waals surface area contributed by atoms with Gasteiger partial charge in [-0.15, -0.1) is 0 Å². The Bertz CT molecular complexity index is 481. The van der Waals surface area contributed by atoms with Gasteiger partial charge in [0.25, 0.3) is 5.91 Å². The molecule has 2 atom stereocenters. The molecule has 128 valence electrons. The highest BCUT2D eigenvalue weighted by atomic mass is 16.5. The number of rotatable bonds is 9. The highest BCUT2D eigenvalue weighted by molar-refractivity contribution is 5.85. The summed E-state index contributed by atoms with van der Waals surface area (Å²) in [4.78, 5) is 23.7. The van der Waals surface area contributed by atoms with Crippen molar-refractivity contribution in [1.29, 1.82) is 0 Å². The number of carbonyl (C=O) groups is 2. The van der Waals surface area contributed by atoms with Crippen molar-refractivity contribution in [2.24, 2.45) is 5.84 Å². The van der Waals surface area contributed by atoms with E-state index in [0.717, 1.165) is 18.4 Å². The van der Waals surface area contributed by atoms with Gasteiger partial charge in [-0.3, -0.25) is 10.2 Å². The third-order valence-electron chi connectivity index (χ3n) is 3.26. The standard InChI is InChI=1S/C16H25N3O4/c1-3-4-10-22-12(2)14(15(20)19-17)18-16(21)23-11-13-8-6-5-7-9-13/h5-9,12,14H,3-4,10-11,17H2,1-2H3,(H,18,21)(H,19,20)/t12?,14-/m0/s1. The number of benzene rings is 1. The summed E-state index contributed by atoms with van der Waals surface area (Å²) in [6.45, 7) is 4.37. The van der Waals surface area contributed by atoms with Crippen LogP contribution >= 0.6 is 0 Å². The van der Waals surface area contributed by atoms with Crippen LogP contribution in [0.3, 0.4) is 0 Å². The van der Waals surface area contributed by atoms with E-state index in [2.05, 4.69) is 5.32 Å². The monoisotopic (exact) mass is 323 g/mol. The molecule has 7 nitrogen and oxygen atoms in total. The van der Waals surface area contributed by atoms with Crippen molar-refractivity contribution in [3.63, 3.8) is 0 Å². The molecule has 0 saturated carbocycles. The van der Waals surface area contributed by atoms with Crippen LogP contribution in [0.25, 0.3) is 0 Å². The second kappa shape index (κ2) is 10.6. The summed E-state index contributed by atoms with van der Waals surface area (Å²) in [5.41, 5.74) is 2.88. The van der Waals surface area contributed by atoms with E-state index in [0.29, 0.717) is 6.61 Å². The van der Waals surface area contributed by atoms with Crippen molar-refractivity contribution in [2.45, 2.75) is 45.4 Å². The topological polar surface area (TPSA) is 103 Å². The Morgan fingerprint density at radius 2 is 1.96 bits per heavy atom. The van der Waals surface area contributed by atoms with E-state index in [4.69, 9.17) is 15.3 Å². The van der Waals surface area contributed by atoms with Gasteiger partial charge in [-0.2, -0.15) is 0 Å². The summed E-state index contributed by atoms with van der Waals surface area (Å²) >= 11 is 0. The molecule has 2 amide bonds. The minimum absolute atomic E-state index is 0.120. The Kier molecular flexibility index (Phi) is 8.71. The van der Waals surface area contributed by atoms with E-state index in [1.165, 1.54) is 0 Å². The average Bonchev–Trinajstić information content (AvgIpc) is 2.58. The lowest BCUT2D eigenvalue weighted by molar-refractivity contribution is -0.126. The van der Waals surface area contributed by atoms with Crippen LogP contribution in [-0.2, 0) is 20.9 Å². The number of nitrogens with one attached hydrogen (secondary N) is 2. The van der Waals surface area contributed by atoms with Crippen molar-refractivity contribution in [2.75, 3.05) is 6.61 Å². The molecule has 4 N–H and O–H groups in total. The molecule has 0 aliphatic rings. The van der Waals surface area contributed by atoms with Gasteiger partial charge in [0, 0.05) is 6.61 Å². The first-order chi connectivity index (χ1) is 11.1. The van der Waals surface area contributed by atoms with Gasteiger partial charge in [0.2, 0.25) is 0 Å². The summed E-state index contributed by atoms with van der Waals surface area (Å²) in [6.07, 6.45) is 0.634. The van der Waals surface area contributed by atoms with Gasteiger partial charge in [-0.05, 0) is 18.9 Å². The fourth-order valence-corrected chi connectivity index (χ4v) is 1.89. The molecule has 0 fully saturated rings. The van der Waals surface area contributed by atoms with Crippen molar-refractivity contribution < 1.29 is 19.1 Å². The van der Waals surface area contributed by atoms with E-state index in [1.807, 2.05) is 42.7 Å². The predicted molar refractivity (Wildman–Crippen MR) is 86.2 cm³/mol. The molecular weight excluding hydrogens is 298 g/mol. The van der Waals surface area contributed by atoms with Gasteiger partial charge in [-0.25, -0.2) is 10.6 Å². The lowest BCUT2D eigenvalue weighted by Crippen LogP contribution is -2.54. The molecule has 0 radical (unpaired) electrons. The molecule has 0 aliphatic carbocycles. The molecule has 0 saturated heterocycles. The summed E-state index contributed by atoms with van der Waals surface area (Å²) in [6, 6.07) is 8.35. The van der Waals surface area contributed by atoms with Gasteiger partial charge < -0.3 is 14.8 Å². The Morgan fingerprint density at radius 1 is 1.26 bits per heavy atom. The molecule has 1 aromatic carbocycles. The zero-order chi connectivity index (χ0) is 17.1. The summed E-state index contributed by atoms with van der Waals surface area (Å²) in [5, 5.41) is 2.49. The SMILES string of the molecule is CCCCOC(C)[C@H](NC(=O)OCc1ccccc1)C(=O)NN. The molecule has 7 heteroatoms. The second-order valence-corrected chi connectivity index (χ2v) is 5.12. The minimum atomic E-state index is -0.917. The molecule has 1 rings (SSSR count). The first kappa shape index (κ1) is 18.9. The second-order valence-electron chi connectivity index (χ2n) is 5.12. The molecule has 0 heterocycles. The fraction of sp³-hybridized carbons (Fsp3) is 0.500. The van der Waals surface area contributed by atoms with Gasteiger partial charge in [0.15, 0.2) is 0 Å². The third kappa shape index (κ3) is 7.12. The van der Waals surface area contributed by atoms with Crippen LogP contribution < -0.4 is 16.6 Å². The minimum Gasteiger partial charge on any atom is -0.445 e. The highest BCUT2D eigenvalue weighted by Crippen LogP contribution is 2.04. The van der Waals surface area contributed by atoms with Crippen LogP contribution in [0.4, 0.5) is 4.79 Å².